The number of hydrogen-bond donors (Lipinski definition) is 2. The summed E-state index contributed by atoms with van der Waals surface area (Å²) in [6, 6.07) is 20.6. The van der Waals surface area contributed by atoms with E-state index in [1.165, 1.54) is 17.7 Å². The molecule has 0 saturated carbocycles. The van der Waals surface area contributed by atoms with Gasteiger partial charge in [0, 0.05) is 43.4 Å². The predicted molar refractivity (Wildman–Crippen MR) is 135 cm³/mol. The Kier molecular flexibility index (Phi) is 7.28. The molecule has 0 aliphatic carbocycles. The number of methoxy groups -OCH3 is 1. The molecule has 2 N–H and O–H groups in total. The van der Waals surface area contributed by atoms with Crippen molar-refractivity contribution < 1.29 is 13.9 Å². The van der Waals surface area contributed by atoms with Gasteiger partial charge in [0.15, 0.2) is 0 Å². The van der Waals surface area contributed by atoms with Crippen molar-refractivity contribution in [1.29, 1.82) is 0 Å². The maximum atomic E-state index is 13.4. The first-order valence-corrected chi connectivity index (χ1v) is 11.4. The predicted octanol–water partition coefficient (Wildman–Crippen LogP) is 5.43. The van der Waals surface area contributed by atoms with Crippen molar-refractivity contribution in [2.24, 2.45) is 0 Å². The van der Waals surface area contributed by atoms with Gasteiger partial charge in [-0.15, -0.1) is 0 Å². The number of aromatic nitrogens is 1. The summed E-state index contributed by atoms with van der Waals surface area (Å²) in [5, 5.41) is 7.45. The minimum atomic E-state index is -0.260. The highest BCUT2D eigenvalue weighted by Crippen LogP contribution is 2.33. The molecule has 5 nitrogen and oxygen atoms in total. The van der Waals surface area contributed by atoms with E-state index < -0.39 is 0 Å². The van der Waals surface area contributed by atoms with Gasteiger partial charge in [-0.2, -0.15) is 0 Å². The average Bonchev–Trinajstić information content (AvgIpc) is 3.09. The summed E-state index contributed by atoms with van der Waals surface area (Å²) in [7, 11) is 1.61. The number of carbonyl (C=O) groups is 1. The highest BCUT2D eigenvalue weighted by Gasteiger charge is 2.18. The van der Waals surface area contributed by atoms with Crippen LogP contribution in [-0.4, -0.2) is 30.7 Å². The van der Waals surface area contributed by atoms with E-state index in [0.29, 0.717) is 25.3 Å². The minimum Gasteiger partial charge on any atom is -0.383 e. The van der Waals surface area contributed by atoms with Gasteiger partial charge in [-0.1, -0.05) is 42.5 Å². The highest BCUT2D eigenvalue weighted by atomic mass is 19.1. The number of carbonyl (C=O) groups excluding carboxylic acids is 1. The fraction of sp³-hybridized carbons (Fsp3) is 0.250. The molecular weight excluding hydrogens is 429 g/mol. The minimum absolute atomic E-state index is 0.142. The van der Waals surface area contributed by atoms with Gasteiger partial charge in [-0.3, -0.25) is 4.79 Å². The van der Waals surface area contributed by atoms with Crippen LogP contribution in [0.5, 0.6) is 0 Å². The van der Waals surface area contributed by atoms with E-state index in [1.807, 2.05) is 30.3 Å². The van der Waals surface area contributed by atoms with Gasteiger partial charge in [-0.05, 0) is 54.8 Å². The van der Waals surface area contributed by atoms with Crippen molar-refractivity contribution in [1.82, 2.24) is 9.88 Å². The SMILES string of the molecule is COCCNC(=O)c1cc(NCc2ccc(F)cc2)c2c(c1)c(C)c(C)n2Cc1ccccc1. The van der Waals surface area contributed by atoms with E-state index in [1.54, 1.807) is 19.2 Å². The van der Waals surface area contributed by atoms with Gasteiger partial charge in [0.05, 0.1) is 17.8 Å². The van der Waals surface area contributed by atoms with E-state index >= 15 is 0 Å². The molecule has 4 rings (SSSR count). The van der Waals surface area contributed by atoms with Gasteiger partial charge < -0.3 is 19.9 Å². The van der Waals surface area contributed by atoms with E-state index in [2.05, 4.69) is 41.2 Å². The van der Waals surface area contributed by atoms with Crippen LogP contribution < -0.4 is 10.6 Å². The van der Waals surface area contributed by atoms with Gasteiger partial charge in [-0.25, -0.2) is 4.39 Å². The number of amides is 1. The van der Waals surface area contributed by atoms with Crippen molar-refractivity contribution in [2.45, 2.75) is 26.9 Å². The molecule has 0 spiro atoms. The van der Waals surface area contributed by atoms with Crippen LogP contribution in [-0.2, 0) is 17.8 Å². The molecule has 0 atom stereocenters. The van der Waals surface area contributed by atoms with E-state index in [9.17, 15) is 9.18 Å². The zero-order chi connectivity index (χ0) is 24.1. The summed E-state index contributed by atoms with van der Waals surface area (Å²) in [5.74, 6) is -0.402. The third kappa shape index (κ3) is 5.13. The van der Waals surface area contributed by atoms with Crippen LogP contribution in [0, 0.1) is 19.7 Å². The third-order valence-corrected chi connectivity index (χ3v) is 6.17. The lowest BCUT2D eigenvalue weighted by atomic mass is 10.1. The normalized spacial score (nSPS) is 11.1. The first kappa shape index (κ1) is 23.5. The molecular formula is C28H30FN3O2. The molecule has 0 aliphatic heterocycles. The van der Waals surface area contributed by atoms with Crippen molar-refractivity contribution in [2.75, 3.05) is 25.6 Å². The van der Waals surface area contributed by atoms with Gasteiger partial charge in [0.2, 0.25) is 0 Å². The first-order chi connectivity index (χ1) is 16.5. The summed E-state index contributed by atoms with van der Waals surface area (Å²) < 4.78 is 20.7. The fourth-order valence-electron chi connectivity index (χ4n) is 4.17. The lowest BCUT2D eigenvalue weighted by molar-refractivity contribution is 0.0937. The number of fused-ring (bicyclic) bond motifs is 1. The number of hydrogen-bond acceptors (Lipinski definition) is 3. The van der Waals surface area contributed by atoms with E-state index in [4.69, 9.17) is 4.74 Å². The third-order valence-electron chi connectivity index (χ3n) is 6.17. The summed E-state index contributed by atoms with van der Waals surface area (Å²) in [6.07, 6.45) is 0. The molecule has 0 bridgehead atoms. The van der Waals surface area contributed by atoms with Crippen LogP contribution in [0.1, 0.15) is 32.7 Å². The largest absolute Gasteiger partial charge is 0.383 e. The van der Waals surface area contributed by atoms with Crippen LogP contribution in [0.2, 0.25) is 0 Å². The number of ether oxygens (including phenoxy) is 1. The van der Waals surface area contributed by atoms with Crippen LogP contribution in [0.15, 0.2) is 66.7 Å². The molecule has 0 unspecified atom stereocenters. The first-order valence-electron chi connectivity index (χ1n) is 11.4. The molecule has 0 radical (unpaired) electrons. The Labute approximate surface area is 199 Å². The highest BCUT2D eigenvalue weighted by molar-refractivity contribution is 6.04. The lowest BCUT2D eigenvalue weighted by Crippen LogP contribution is -2.27. The van der Waals surface area contributed by atoms with Crippen molar-refractivity contribution in [3.63, 3.8) is 0 Å². The molecule has 0 saturated heterocycles. The Morgan fingerprint density at radius 2 is 1.74 bits per heavy atom. The average molecular weight is 460 g/mol. The second-order valence-corrected chi connectivity index (χ2v) is 8.43. The topological polar surface area (TPSA) is 55.3 Å². The Morgan fingerprint density at radius 3 is 2.44 bits per heavy atom. The summed E-state index contributed by atoms with van der Waals surface area (Å²) in [4.78, 5) is 12.9. The number of nitrogens with one attached hydrogen (secondary N) is 2. The zero-order valence-electron chi connectivity index (χ0n) is 19.8. The van der Waals surface area contributed by atoms with Crippen molar-refractivity contribution in [3.05, 3.63) is 100 Å². The number of rotatable bonds is 9. The number of anilines is 1. The Morgan fingerprint density at radius 1 is 1.00 bits per heavy atom. The summed E-state index contributed by atoms with van der Waals surface area (Å²) >= 11 is 0. The molecule has 34 heavy (non-hydrogen) atoms. The zero-order valence-corrected chi connectivity index (χ0v) is 19.8. The van der Waals surface area contributed by atoms with Crippen LogP contribution in [0.25, 0.3) is 10.9 Å². The van der Waals surface area contributed by atoms with Crippen LogP contribution in [0.4, 0.5) is 10.1 Å². The van der Waals surface area contributed by atoms with Crippen LogP contribution >= 0.6 is 0 Å². The quantitative estimate of drug-likeness (QED) is 0.328. The second-order valence-electron chi connectivity index (χ2n) is 8.43. The Balaban J connectivity index is 1.77. The monoisotopic (exact) mass is 459 g/mol. The smallest absolute Gasteiger partial charge is 0.251 e. The number of benzene rings is 3. The standard InChI is InChI=1S/C28H30FN3O2/c1-19-20(2)32(18-22-7-5-4-6-8-22)27-25(19)15-23(28(33)30-13-14-34-3)16-26(27)31-17-21-9-11-24(29)12-10-21/h4-12,15-16,31H,13-14,17-18H2,1-3H3,(H,30,33). The molecule has 3 aromatic carbocycles. The van der Waals surface area contributed by atoms with Crippen LogP contribution in [0.3, 0.4) is 0 Å². The second kappa shape index (κ2) is 10.5. The van der Waals surface area contributed by atoms with E-state index in [0.717, 1.165) is 40.0 Å². The van der Waals surface area contributed by atoms with Crippen molar-refractivity contribution in [3.8, 4) is 0 Å². The number of halogens is 1. The lowest BCUT2D eigenvalue weighted by Gasteiger charge is -2.15. The number of nitrogens with zero attached hydrogens (tertiary/aromatic N) is 1. The van der Waals surface area contributed by atoms with Gasteiger partial charge >= 0.3 is 0 Å². The summed E-state index contributed by atoms with van der Waals surface area (Å²) in [5.41, 5.74) is 6.96. The molecule has 4 aromatic rings. The van der Waals surface area contributed by atoms with Crippen molar-refractivity contribution >= 4 is 22.5 Å². The molecule has 0 fully saturated rings. The van der Waals surface area contributed by atoms with Gasteiger partial charge in [0.25, 0.3) is 5.91 Å². The maximum absolute atomic E-state index is 13.4. The molecule has 176 valence electrons. The van der Waals surface area contributed by atoms with Gasteiger partial charge in [0.1, 0.15) is 5.82 Å². The molecule has 6 heteroatoms. The Hall–Kier alpha value is -3.64. The molecule has 1 amide bonds. The number of aryl methyl sites for hydroxylation is 1. The molecule has 1 heterocycles. The maximum Gasteiger partial charge on any atom is 0.251 e. The fourth-order valence-corrected chi connectivity index (χ4v) is 4.17. The molecule has 1 aromatic heterocycles. The van der Waals surface area contributed by atoms with E-state index in [-0.39, 0.29) is 11.7 Å². The summed E-state index contributed by atoms with van der Waals surface area (Å²) in [6.45, 7) is 6.34. The Bertz CT molecular complexity index is 1280. The molecule has 0 aliphatic rings.